The Hall–Kier alpha value is -2.35. The van der Waals surface area contributed by atoms with E-state index in [1.165, 1.54) is 12.1 Å². The first-order valence-electron chi connectivity index (χ1n) is 7.28. The van der Waals surface area contributed by atoms with E-state index in [-0.39, 0.29) is 9.79 Å². The first kappa shape index (κ1) is 16.1. The minimum absolute atomic E-state index is 0.351. The normalized spacial score (nSPS) is 11.8. The highest BCUT2D eigenvalue weighted by atomic mass is 32.2. The molecule has 4 rings (SSSR count). The zero-order valence-electron chi connectivity index (χ0n) is 12.6. The molecule has 0 atom stereocenters. The van der Waals surface area contributed by atoms with Crippen molar-refractivity contribution in [2.75, 3.05) is 0 Å². The molecule has 0 radical (unpaired) electrons. The molecule has 0 aliphatic heterocycles. The Morgan fingerprint density at radius 3 is 1.48 bits per heavy atom. The summed E-state index contributed by atoms with van der Waals surface area (Å²) < 4.78 is 26.2. The second-order valence-electron chi connectivity index (χ2n) is 5.38. The van der Waals surface area contributed by atoms with Crippen LogP contribution in [0.3, 0.4) is 0 Å². The third-order valence-corrected chi connectivity index (χ3v) is 7.81. The highest BCUT2D eigenvalue weighted by Crippen LogP contribution is 2.25. The molecule has 0 amide bonds. The molecule has 0 aliphatic rings. The van der Waals surface area contributed by atoms with Crippen LogP contribution in [0.25, 0.3) is 20.2 Å². The van der Waals surface area contributed by atoms with Crippen LogP contribution in [0.1, 0.15) is 0 Å². The summed E-state index contributed by atoms with van der Waals surface area (Å²) in [6.07, 6.45) is 0. The van der Waals surface area contributed by atoms with E-state index in [1.54, 1.807) is 48.5 Å². The summed E-state index contributed by atoms with van der Waals surface area (Å²) in [4.78, 5) is 24.0. The average molecular weight is 386 g/mol. The standard InChI is InChI=1S/C18H10O4S3/c19-17-15(9-11-5-1-3-7-13(11)23-17)25(21,22)16-10-12-6-2-4-8-14(12)24-18(16)20/h1-10H. The summed E-state index contributed by atoms with van der Waals surface area (Å²) in [5.41, 5.74) is 0. The van der Waals surface area contributed by atoms with Crippen LogP contribution < -0.4 is 9.48 Å². The Morgan fingerprint density at radius 1 is 0.640 bits per heavy atom. The molecule has 4 nitrogen and oxygen atoms in total. The Bertz CT molecular complexity index is 1250. The van der Waals surface area contributed by atoms with Crippen molar-refractivity contribution in [2.45, 2.75) is 9.79 Å². The number of rotatable bonds is 2. The fourth-order valence-electron chi connectivity index (χ4n) is 2.58. The van der Waals surface area contributed by atoms with Gasteiger partial charge in [-0.05, 0) is 35.0 Å². The Kier molecular flexibility index (Phi) is 3.79. The van der Waals surface area contributed by atoms with Crippen molar-refractivity contribution < 1.29 is 8.42 Å². The topological polar surface area (TPSA) is 68.3 Å². The number of hydrogen-bond acceptors (Lipinski definition) is 6. The maximum absolute atomic E-state index is 13.0. The van der Waals surface area contributed by atoms with Gasteiger partial charge in [0, 0.05) is 9.40 Å². The van der Waals surface area contributed by atoms with Crippen LogP contribution in [-0.4, -0.2) is 8.42 Å². The van der Waals surface area contributed by atoms with E-state index in [9.17, 15) is 18.0 Å². The third kappa shape index (κ3) is 2.70. The highest BCUT2D eigenvalue weighted by Gasteiger charge is 2.25. The molecule has 0 N–H and O–H groups in total. The van der Waals surface area contributed by atoms with Crippen molar-refractivity contribution >= 4 is 52.7 Å². The first-order valence-corrected chi connectivity index (χ1v) is 10.4. The van der Waals surface area contributed by atoms with Gasteiger partial charge in [0.2, 0.25) is 9.84 Å². The molecular formula is C18H10O4S3. The molecule has 0 spiro atoms. The number of benzene rings is 2. The van der Waals surface area contributed by atoms with Crippen LogP contribution in [0, 0.1) is 0 Å². The van der Waals surface area contributed by atoms with Crippen molar-refractivity contribution in [3.05, 3.63) is 79.7 Å². The predicted molar refractivity (Wildman–Crippen MR) is 102 cm³/mol. The van der Waals surface area contributed by atoms with Crippen LogP contribution in [0.5, 0.6) is 0 Å². The maximum atomic E-state index is 13.0. The van der Waals surface area contributed by atoms with Crippen LogP contribution >= 0.6 is 22.7 Å². The van der Waals surface area contributed by atoms with Gasteiger partial charge in [-0.25, -0.2) is 8.42 Å². The Balaban J connectivity index is 2.02. The summed E-state index contributed by atoms with van der Waals surface area (Å²) in [5.74, 6) is 0. The lowest BCUT2D eigenvalue weighted by Crippen LogP contribution is -2.18. The van der Waals surface area contributed by atoms with E-state index < -0.39 is 19.3 Å². The van der Waals surface area contributed by atoms with Gasteiger partial charge in [-0.3, -0.25) is 9.59 Å². The molecule has 0 fully saturated rings. The second-order valence-corrected chi connectivity index (χ2v) is 9.29. The molecule has 2 aromatic heterocycles. The van der Waals surface area contributed by atoms with Gasteiger partial charge < -0.3 is 0 Å². The number of hydrogen-bond donors (Lipinski definition) is 0. The van der Waals surface area contributed by atoms with Gasteiger partial charge in [0.05, 0.1) is 0 Å². The van der Waals surface area contributed by atoms with Crippen LogP contribution in [0.2, 0.25) is 0 Å². The summed E-state index contributed by atoms with van der Waals surface area (Å²) in [6, 6.07) is 16.8. The SMILES string of the molecule is O=c1sc2ccccc2cc1S(=O)(=O)c1cc2ccccc2sc1=O. The van der Waals surface area contributed by atoms with Gasteiger partial charge in [0.15, 0.2) is 0 Å². The molecule has 4 aromatic rings. The molecule has 0 aliphatic carbocycles. The van der Waals surface area contributed by atoms with E-state index in [0.29, 0.717) is 20.2 Å². The second kappa shape index (κ2) is 5.87. The van der Waals surface area contributed by atoms with Crippen LogP contribution in [0.15, 0.2) is 80.0 Å². The Morgan fingerprint density at radius 2 is 1.04 bits per heavy atom. The van der Waals surface area contributed by atoms with Crippen molar-refractivity contribution in [2.24, 2.45) is 0 Å². The molecule has 0 bridgehead atoms. The fraction of sp³-hybridized carbons (Fsp3) is 0. The van der Waals surface area contributed by atoms with Crippen molar-refractivity contribution in [3.8, 4) is 0 Å². The lowest BCUT2D eigenvalue weighted by molar-refractivity contribution is 0.595. The van der Waals surface area contributed by atoms with Crippen molar-refractivity contribution in [3.63, 3.8) is 0 Å². The van der Waals surface area contributed by atoms with Gasteiger partial charge in [-0.15, -0.1) is 0 Å². The minimum Gasteiger partial charge on any atom is -0.276 e. The first-order chi connectivity index (χ1) is 12.0. The quantitative estimate of drug-likeness (QED) is 0.527. The lowest BCUT2D eigenvalue weighted by Gasteiger charge is -2.05. The molecule has 2 aromatic carbocycles. The predicted octanol–water partition coefficient (Wildman–Crippen LogP) is 3.67. The summed E-state index contributed by atoms with van der Waals surface area (Å²) in [5, 5.41) is 1.31. The van der Waals surface area contributed by atoms with Gasteiger partial charge in [0.25, 0.3) is 9.48 Å². The molecule has 124 valence electrons. The lowest BCUT2D eigenvalue weighted by atomic mass is 10.2. The number of fused-ring (bicyclic) bond motifs is 2. The minimum atomic E-state index is -4.19. The molecule has 2 heterocycles. The maximum Gasteiger partial charge on any atom is 0.251 e. The molecule has 0 saturated carbocycles. The van der Waals surface area contributed by atoms with Gasteiger partial charge >= 0.3 is 0 Å². The smallest absolute Gasteiger partial charge is 0.251 e. The molecule has 0 saturated heterocycles. The third-order valence-electron chi connectivity index (χ3n) is 3.80. The van der Waals surface area contributed by atoms with E-state index in [4.69, 9.17) is 0 Å². The average Bonchev–Trinajstić information content (AvgIpc) is 2.60. The van der Waals surface area contributed by atoms with Crippen molar-refractivity contribution in [1.82, 2.24) is 0 Å². The zero-order chi connectivity index (χ0) is 17.6. The largest absolute Gasteiger partial charge is 0.276 e. The van der Waals surface area contributed by atoms with Crippen LogP contribution in [-0.2, 0) is 9.84 Å². The summed E-state index contributed by atoms with van der Waals surface area (Å²) >= 11 is 1.73. The number of sulfone groups is 1. The van der Waals surface area contributed by atoms with Gasteiger partial charge in [-0.1, -0.05) is 59.1 Å². The summed E-state index contributed by atoms with van der Waals surface area (Å²) in [6.45, 7) is 0. The van der Waals surface area contributed by atoms with E-state index >= 15 is 0 Å². The monoisotopic (exact) mass is 386 g/mol. The molecular weight excluding hydrogens is 376 g/mol. The molecule has 0 unspecified atom stereocenters. The van der Waals surface area contributed by atoms with Crippen LogP contribution in [0.4, 0.5) is 0 Å². The Labute approximate surface area is 150 Å². The van der Waals surface area contributed by atoms with E-state index in [1.807, 2.05) is 0 Å². The zero-order valence-corrected chi connectivity index (χ0v) is 15.1. The van der Waals surface area contributed by atoms with Crippen molar-refractivity contribution in [1.29, 1.82) is 0 Å². The van der Waals surface area contributed by atoms with Gasteiger partial charge in [-0.2, -0.15) is 0 Å². The van der Waals surface area contributed by atoms with E-state index in [0.717, 1.165) is 22.7 Å². The summed E-state index contributed by atoms with van der Waals surface area (Å²) in [7, 11) is -4.19. The van der Waals surface area contributed by atoms with Gasteiger partial charge in [0.1, 0.15) is 9.79 Å². The van der Waals surface area contributed by atoms with E-state index in [2.05, 4.69) is 0 Å². The molecule has 25 heavy (non-hydrogen) atoms. The highest BCUT2D eigenvalue weighted by molar-refractivity contribution is 7.91. The molecule has 7 heteroatoms. The fourth-order valence-corrected chi connectivity index (χ4v) is 6.23.